The highest BCUT2D eigenvalue weighted by Gasteiger charge is 2.32. The lowest BCUT2D eigenvalue weighted by molar-refractivity contribution is -0.0146. The maximum absolute atomic E-state index is 13.6. The predicted molar refractivity (Wildman–Crippen MR) is 101 cm³/mol. The third-order valence-electron chi connectivity index (χ3n) is 4.88. The molecule has 0 aromatic heterocycles. The second-order valence-corrected chi connectivity index (χ2v) is 6.76. The largest absolute Gasteiger partial charge is 0.396 e. The molecule has 0 aliphatic carbocycles. The highest BCUT2D eigenvalue weighted by Crippen LogP contribution is 2.29. The first-order valence-electron chi connectivity index (χ1n) is 8.95. The van der Waals surface area contributed by atoms with Gasteiger partial charge in [0.1, 0.15) is 5.82 Å². The van der Waals surface area contributed by atoms with E-state index in [0.717, 1.165) is 12.8 Å². The van der Waals surface area contributed by atoms with Gasteiger partial charge in [0.2, 0.25) is 0 Å². The van der Waals surface area contributed by atoms with E-state index in [4.69, 9.17) is 4.74 Å². The summed E-state index contributed by atoms with van der Waals surface area (Å²) in [5.41, 5.74) is 1.25. The number of rotatable bonds is 4. The van der Waals surface area contributed by atoms with Crippen LogP contribution in [0.5, 0.6) is 0 Å². The van der Waals surface area contributed by atoms with Crippen LogP contribution in [0.15, 0.2) is 48.5 Å². The van der Waals surface area contributed by atoms with Crippen LogP contribution in [-0.4, -0.2) is 37.4 Å². The van der Waals surface area contributed by atoms with Crippen molar-refractivity contribution in [3.8, 4) is 11.8 Å². The summed E-state index contributed by atoms with van der Waals surface area (Å²) >= 11 is 0. The second kappa shape index (κ2) is 8.81. The van der Waals surface area contributed by atoms with Gasteiger partial charge in [0.05, 0.1) is 12.2 Å². The van der Waals surface area contributed by atoms with Gasteiger partial charge in [0.25, 0.3) is 5.91 Å². The van der Waals surface area contributed by atoms with Gasteiger partial charge in [-0.2, -0.15) is 0 Å². The van der Waals surface area contributed by atoms with Crippen molar-refractivity contribution < 1.29 is 19.0 Å². The van der Waals surface area contributed by atoms with Crippen molar-refractivity contribution in [3.05, 3.63) is 71.0 Å². The maximum atomic E-state index is 13.6. The van der Waals surface area contributed by atoms with Crippen LogP contribution in [0, 0.1) is 23.1 Å². The minimum Gasteiger partial charge on any atom is -0.396 e. The molecule has 1 aliphatic rings. The van der Waals surface area contributed by atoms with Gasteiger partial charge in [-0.3, -0.25) is 4.79 Å². The SMILES string of the molecule is O=C(NCC1(CO)CCOCC1)c1ccc(C#Cc2ccccc2F)cc1. The third-order valence-corrected chi connectivity index (χ3v) is 4.88. The van der Waals surface area contributed by atoms with Crippen LogP contribution in [0.1, 0.15) is 34.3 Å². The van der Waals surface area contributed by atoms with E-state index in [1.807, 2.05) is 0 Å². The first-order valence-corrected chi connectivity index (χ1v) is 8.95. The molecule has 140 valence electrons. The molecule has 0 spiro atoms. The van der Waals surface area contributed by atoms with Crippen molar-refractivity contribution in [3.63, 3.8) is 0 Å². The Balaban J connectivity index is 1.61. The Morgan fingerprint density at radius 2 is 1.81 bits per heavy atom. The van der Waals surface area contributed by atoms with Crippen LogP contribution in [-0.2, 0) is 4.74 Å². The van der Waals surface area contributed by atoms with Gasteiger partial charge in [-0.1, -0.05) is 24.0 Å². The summed E-state index contributed by atoms with van der Waals surface area (Å²) < 4.78 is 18.9. The minimum absolute atomic E-state index is 0.0290. The Hall–Kier alpha value is -2.68. The zero-order valence-electron chi connectivity index (χ0n) is 15.0. The first-order chi connectivity index (χ1) is 13.1. The number of benzene rings is 2. The fourth-order valence-corrected chi connectivity index (χ4v) is 2.97. The number of hydrogen-bond donors (Lipinski definition) is 2. The highest BCUT2D eigenvalue weighted by atomic mass is 19.1. The smallest absolute Gasteiger partial charge is 0.251 e. The van der Waals surface area contributed by atoms with Crippen molar-refractivity contribution in [2.75, 3.05) is 26.4 Å². The molecule has 1 aliphatic heterocycles. The van der Waals surface area contributed by atoms with Crippen LogP contribution in [0.2, 0.25) is 0 Å². The summed E-state index contributed by atoms with van der Waals surface area (Å²) in [6.07, 6.45) is 1.46. The minimum atomic E-state index is -0.355. The molecule has 0 atom stereocenters. The molecule has 2 aromatic rings. The summed E-state index contributed by atoms with van der Waals surface area (Å²) in [5.74, 6) is 5.15. The van der Waals surface area contributed by atoms with Gasteiger partial charge < -0.3 is 15.2 Å². The molecule has 5 heteroatoms. The molecular formula is C22H22FNO3. The summed E-state index contributed by atoms with van der Waals surface area (Å²) in [4.78, 5) is 12.4. The topological polar surface area (TPSA) is 58.6 Å². The molecule has 1 amide bonds. The number of carbonyl (C=O) groups is 1. The summed E-state index contributed by atoms with van der Waals surface area (Å²) in [7, 11) is 0. The van der Waals surface area contributed by atoms with Crippen LogP contribution >= 0.6 is 0 Å². The van der Waals surface area contributed by atoms with E-state index in [-0.39, 0.29) is 23.7 Å². The number of amides is 1. The molecule has 4 nitrogen and oxygen atoms in total. The van der Waals surface area contributed by atoms with Crippen molar-refractivity contribution in [2.45, 2.75) is 12.8 Å². The standard InChI is InChI=1S/C22H22FNO3/c23-20-4-2-1-3-18(20)8-5-17-6-9-19(10-7-17)21(26)24-15-22(16-25)11-13-27-14-12-22/h1-4,6-7,9-10,25H,11-16H2,(H,24,26). The zero-order valence-corrected chi connectivity index (χ0v) is 15.0. The first kappa shape index (κ1) is 19.1. The molecule has 0 saturated carbocycles. The van der Waals surface area contributed by atoms with Crippen molar-refractivity contribution in [1.82, 2.24) is 5.32 Å². The van der Waals surface area contributed by atoms with Crippen molar-refractivity contribution in [2.24, 2.45) is 5.41 Å². The predicted octanol–water partition coefficient (Wildman–Crippen LogP) is 2.74. The zero-order chi connectivity index (χ0) is 19.1. The van der Waals surface area contributed by atoms with Gasteiger partial charge in [0, 0.05) is 36.3 Å². The Morgan fingerprint density at radius 3 is 2.48 bits per heavy atom. The summed E-state index contributed by atoms with van der Waals surface area (Å²) in [5, 5.41) is 12.6. The highest BCUT2D eigenvalue weighted by molar-refractivity contribution is 5.94. The molecule has 0 bridgehead atoms. The normalized spacial score (nSPS) is 15.5. The molecule has 1 fully saturated rings. The number of carbonyl (C=O) groups excluding carboxylic acids is 1. The van der Waals surface area contributed by atoms with Gasteiger partial charge in [-0.15, -0.1) is 0 Å². The number of nitrogens with one attached hydrogen (secondary N) is 1. The summed E-state index contributed by atoms with van der Waals surface area (Å²) in [6, 6.07) is 13.2. The molecule has 2 aromatic carbocycles. The van der Waals surface area contributed by atoms with E-state index in [2.05, 4.69) is 17.2 Å². The molecule has 0 radical (unpaired) electrons. The Kier molecular flexibility index (Phi) is 6.23. The molecule has 1 saturated heterocycles. The Bertz CT molecular complexity index is 846. The quantitative estimate of drug-likeness (QED) is 0.817. The number of halogens is 1. The second-order valence-electron chi connectivity index (χ2n) is 6.76. The van der Waals surface area contributed by atoms with E-state index in [1.165, 1.54) is 6.07 Å². The average molecular weight is 367 g/mol. The number of aliphatic hydroxyl groups excluding tert-OH is 1. The van der Waals surface area contributed by atoms with E-state index in [1.54, 1.807) is 42.5 Å². The Morgan fingerprint density at radius 1 is 1.11 bits per heavy atom. The van der Waals surface area contributed by atoms with Gasteiger partial charge >= 0.3 is 0 Å². The van der Waals surface area contributed by atoms with E-state index >= 15 is 0 Å². The lowest BCUT2D eigenvalue weighted by atomic mass is 9.81. The number of hydrogen-bond acceptors (Lipinski definition) is 3. The van der Waals surface area contributed by atoms with Gasteiger partial charge in [-0.25, -0.2) is 4.39 Å². The van der Waals surface area contributed by atoms with Gasteiger partial charge in [0.15, 0.2) is 0 Å². The lowest BCUT2D eigenvalue weighted by Gasteiger charge is -2.35. The van der Waals surface area contributed by atoms with E-state index in [0.29, 0.717) is 36.4 Å². The van der Waals surface area contributed by atoms with Crippen molar-refractivity contribution in [1.29, 1.82) is 0 Å². The Labute approximate surface area is 158 Å². The van der Waals surface area contributed by atoms with Crippen LogP contribution in [0.25, 0.3) is 0 Å². The number of aliphatic hydroxyl groups is 1. The average Bonchev–Trinajstić information content (AvgIpc) is 2.72. The maximum Gasteiger partial charge on any atom is 0.251 e. The molecule has 2 N–H and O–H groups in total. The van der Waals surface area contributed by atoms with E-state index < -0.39 is 0 Å². The van der Waals surface area contributed by atoms with Crippen LogP contribution < -0.4 is 5.32 Å². The molecule has 3 rings (SSSR count). The van der Waals surface area contributed by atoms with E-state index in [9.17, 15) is 14.3 Å². The fourth-order valence-electron chi connectivity index (χ4n) is 2.97. The van der Waals surface area contributed by atoms with Crippen molar-refractivity contribution >= 4 is 5.91 Å². The summed E-state index contributed by atoms with van der Waals surface area (Å²) in [6.45, 7) is 1.65. The lowest BCUT2D eigenvalue weighted by Crippen LogP contribution is -2.43. The number of ether oxygens (including phenoxy) is 1. The third kappa shape index (κ3) is 4.94. The molecule has 0 unspecified atom stereocenters. The van der Waals surface area contributed by atoms with Gasteiger partial charge in [-0.05, 0) is 49.2 Å². The molecule has 27 heavy (non-hydrogen) atoms. The molecular weight excluding hydrogens is 345 g/mol. The van der Waals surface area contributed by atoms with Crippen LogP contribution in [0.3, 0.4) is 0 Å². The fraction of sp³-hybridized carbons (Fsp3) is 0.318. The monoisotopic (exact) mass is 367 g/mol. The van der Waals surface area contributed by atoms with Crippen LogP contribution in [0.4, 0.5) is 4.39 Å². The molecule has 1 heterocycles.